The van der Waals surface area contributed by atoms with Crippen molar-refractivity contribution in [3.8, 4) is 0 Å². The number of piperidine rings is 2. The first kappa shape index (κ1) is 20.9. The minimum Gasteiger partial charge on any atom is -0.342 e. The van der Waals surface area contributed by atoms with Crippen LogP contribution in [-0.2, 0) is 20.9 Å². The molecular weight excluding hydrogens is 378 g/mol. The number of carbonyl (C=O) groups excluding carboxylic acids is 3. The lowest BCUT2D eigenvalue weighted by Gasteiger charge is -2.37. The highest BCUT2D eigenvalue weighted by Crippen LogP contribution is 2.26. The van der Waals surface area contributed by atoms with Crippen LogP contribution in [0, 0.1) is 18.8 Å². The predicted octanol–water partition coefficient (Wildman–Crippen LogP) is 2.59. The third kappa shape index (κ3) is 4.85. The number of rotatable bonds is 5. The summed E-state index contributed by atoms with van der Waals surface area (Å²) in [5.74, 6) is 0.759. The lowest BCUT2D eigenvalue weighted by molar-refractivity contribution is -0.138. The first-order valence-electron chi connectivity index (χ1n) is 11.4. The zero-order chi connectivity index (χ0) is 21.1. The summed E-state index contributed by atoms with van der Waals surface area (Å²) in [5, 5.41) is 0. The molecule has 3 aliphatic rings. The number of carbonyl (C=O) groups is 3. The van der Waals surface area contributed by atoms with E-state index in [-0.39, 0.29) is 23.6 Å². The predicted molar refractivity (Wildman–Crippen MR) is 114 cm³/mol. The summed E-state index contributed by atoms with van der Waals surface area (Å²) in [6, 6.07) is 8.21. The Morgan fingerprint density at radius 3 is 2.40 bits per heavy atom. The van der Waals surface area contributed by atoms with Gasteiger partial charge < -0.3 is 14.7 Å². The van der Waals surface area contributed by atoms with Crippen molar-refractivity contribution in [2.75, 3.05) is 32.7 Å². The molecule has 3 aliphatic heterocycles. The molecule has 1 aromatic carbocycles. The highest BCUT2D eigenvalue weighted by Gasteiger charge is 2.37. The SMILES string of the molecule is Cc1ccc(CN2CC(C(=O)N3CCC(CN4CCCCC4=O)CC3)CC2=O)cc1. The van der Waals surface area contributed by atoms with Gasteiger partial charge in [0.2, 0.25) is 17.7 Å². The fourth-order valence-electron chi connectivity index (χ4n) is 4.96. The zero-order valence-electron chi connectivity index (χ0n) is 18.0. The van der Waals surface area contributed by atoms with Gasteiger partial charge in [-0.15, -0.1) is 0 Å². The lowest BCUT2D eigenvalue weighted by atomic mass is 9.94. The van der Waals surface area contributed by atoms with Crippen LogP contribution in [0.3, 0.4) is 0 Å². The molecule has 0 bridgehead atoms. The van der Waals surface area contributed by atoms with E-state index >= 15 is 0 Å². The van der Waals surface area contributed by atoms with Crippen molar-refractivity contribution in [2.24, 2.45) is 11.8 Å². The van der Waals surface area contributed by atoms with Crippen LogP contribution in [0.5, 0.6) is 0 Å². The molecule has 0 spiro atoms. The minimum atomic E-state index is -0.219. The highest BCUT2D eigenvalue weighted by molar-refractivity contribution is 5.89. The van der Waals surface area contributed by atoms with E-state index in [2.05, 4.69) is 24.3 Å². The molecule has 0 N–H and O–H groups in total. The van der Waals surface area contributed by atoms with Crippen molar-refractivity contribution in [3.63, 3.8) is 0 Å². The van der Waals surface area contributed by atoms with Gasteiger partial charge >= 0.3 is 0 Å². The maximum absolute atomic E-state index is 13.0. The number of aryl methyl sites for hydroxylation is 1. The molecule has 6 heteroatoms. The average molecular weight is 412 g/mol. The summed E-state index contributed by atoms with van der Waals surface area (Å²) in [5.41, 5.74) is 2.31. The molecule has 6 nitrogen and oxygen atoms in total. The summed E-state index contributed by atoms with van der Waals surface area (Å²) < 4.78 is 0. The van der Waals surface area contributed by atoms with Gasteiger partial charge in [-0.3, -0.25) is 14.4 Å². The van der Waals surface area contributed by atoms with Gasteiger partial charge in [0.15, 0.2) is 0 Å². The van der Waals surface area contributed by atoms with Crippen LogP contribution in [0.1, 0.15) is 49.7 Å². The van der Waals surface area contributed by atoms with Gasteiger partial charge in [0, 0.05) is 52.1 Å². The molecule has 0 radical (unpaired) electrons. The molecule has 4 rings (SSSR count). The van der Waals surface area contributed by atoms with E-state index in [1.54, 1.807) is 0 Å². The second-order valence-electron chi connectivity index (χ2n) is 9.23. The van der Waals surface area contributed by atoms with Gasteiger partial charge in [-0.2, -0.15) is 0 Å². The highest BCUT2D eigenvalue weighted by atomic mass is 16.2. The fraction of sp³-hybridized carbons (Fsp3) is 0.625. The number of likely N-dealkylation sites (tertiary alicyclic amines) is 3. The fourth-order valence-corrected chi connectivity index (χ4v) is 4.96. The van der Waals surface area contributed by atoms with E-state index in [1.807, 2.05) is 21.6 Å². The Bertz CT molecular complexity index is 783. The van der Waals surface area contributed by atoms with Crippen molar-refractivity contribution in [1.82, 2.24) is 14.7 Å². The molecule has 1 aromatic rings. The molecule has 162 valence electrons. The molecule has 3 amide bonds. The minimum absolute atomic E-state index is 0.0763. The lowest BCUT2D eigenvalue weighted by Crippen LogP contribution is -2.46. The van der Waals surface area contributed by atoms with E-state index in [4.69, 9.17) is 0 Å². The smallest absolute Gasteiger partial charge is 0.227 e. The van der Waals surface area contributed by atoms with Crippen molar-refractivity contribution < 1.29 is 14.4 Å². The van der Waals surface area contributed by atoms with Crippen LogP contribution >= 0.6 is 0 Å². The topological polar surface area (TPSA) is 60.9 Å². The van der Waals surface area contributed by atoms with Crippen LogP contribution in [0.25, 0.3) is 0 Å². The van der Waals surface area contributed by atoms with Gasteiger partial charge in [-0.25, -0.2) is 0 Å². The maximum Gasteiger partial charge on any atom is 0.227 e. The van der Waals surface area contributed by atoms with Gasteiger partial charge in [0.1, 0.15) is 0 Å². The van der Waals surface area contributed by atoms with E-state index in [9.17, 15) is 14.4 Å². The summed E-state index contributed by atoms with van der Waals surface area (Å²) in [4.78, 5) is 43.3. The Balaban J connectivity index is 1.25. The monoisotopic (exact) mass is 411 g/mol. The molecule has 3 saturated heterocycles. The molecule has 0 aliphatic carbocycles. The molecule has 0 aromatic heterocycles. The molecule has 30 heavy (non-hydrogen) atoms. The Morgan fingerprint density at radius 1 is 0.967 bits per heavy atom. The quantitative estimate of drug-likeness (QED) is 0.748. The van der Waals surface area contributed by atoms with E-state index < -0.39 is 0 Å². The van der Waals surface area contributed by atoms with Gasteiger partial charge in [-0.1, -0.05) is 29.8 Å². The molecule has 0 saturated carbocycles. The van der Waals surface area contributed by atoms with Crippen LogP contribution in [0.4, 0.5) is 0 Å². The Kier molecular flexibility index (Phi) is 6.40. The standard InChI is InChI=1S/C24H33N3O3/c1-18-5-7-19(8-6-18)16-27-17-21(14-23(27)29)24(30)25-12-9-20(10-13-25)15-26-11-3-2-4-22(26)28/h5-8,20-21H,2-4,9-17H2,1H3. The van der Waals surface area contributed by atoms with E-state index in [0.717, 1.165) is 57.4 Å². The Morgan fingerprint density at radius 2 is 1.70 bits per heavy atom. The van der Waals surface area contributed by atoms with Crippen molar-refractivity contribution in [3.05, 3.63) is 35.4 Å². The summed E-state index contributed by atoms with van der Waals surface area (Å²) >= 11 is 0. The van der Waals surface area contributed by atoms with Crippen molar-refractivity contribution >= 4 is 17.7 Å². The van der Waals surface area contributed by atoms with Crippen LogP contribution in [-0.4, -0.2) is 65.1 Å². The number of amides is 3. The number of nitrogens with zero attached hydrogens (tertiary/aromatic N) is 3. The Hall–Kier alpha value is -2.37. The first-order valence-corrected chi connectivity index (χ1v) is 11.4. The van der Waals surface area contributed by atoms with Gasteiger partial charge in [-0.05, 0) is 44.1 Å². The van der Waals surface area contributed by atoms with Crippen molar-refractivity contribution in [1.29, 1.82) is 0 Å². The Labute approximate surface area is 179 Å². The van der Waals surface area contributed by atoms with Crippen LogP contribution in [0.2, 0.25) is 0 Å². The molecule has 3 heterocycles. The number of benzene rings is 1. The van der Waals surface area contributed by atoms with Crippen molar-refractivity contribution in [2.45, 2.75) is 52.0 Å². The molecular formula is C24H33N3O3. The second kappa shape index (κ2) is 9.19. The van der Waals surface area contributed by atoms with Gasteiger partial charge in [0.25, 0.3) is 0 Å². The third-order valence-electron chi connectivity index (χ3n) is 6.88. The maximum atomic E-state index is 13.0. The second-order valence-corrected chi connectivity index (χ2v) is 9.23. The normalized spacial score (nSPS) is 23.4. The average Bonchev–Trinajstić information content (AvgIpc) is 3.12. The summed E-state index contributed by atoms with van der Waals surface area (Å²) in [7, 11) is 0. The van der Waals surface area contributed by atoms with Crippen LogP contribution in [0.15, 0.2) is 24.3 Å². The molecule has 3 fully saturated rings. The molecule has 1 unspecified atom stereocenters. The largest absolute Gasteiger partial charge is 0.342 e. The summed E-state index contributed by atoms with van der Waals surface area (Å²) in [6.07, 6.45) is 5.03. The third-order valence-corrected chi connectivity index (χ3v) is 6.88. The zero-order valence-corrected chi connectivity index (χ0v) is 18.0. The number of hydrogen-bond acceptors (Lipinski definition) is 3. The van der Waals surface area contributed by atoms with Crippen LogP contribution < -0.4 is 0 Å². The van der Waals surface area contributed by atoms with E-state index in [0.29, 0.717) is 31.8 Å². The number of hydrogen-bond donors (Lipinski definition) is 0. The first-order chi connectivity index (χ1) is 14.5. The van der Waals surface area contributed by atoms with Gasteiger partial charge in [0.05, 0.1) is 5.92 Å². The van der Waals surface area contributed by atoms with E-state index in [1.165, 1.54) is 5.56 Å². The molecule has 1 atom stereocenters. The summed E-state index contributed by atoms with van der Waals surface area (Å²) in [6.45, 7) is 6.37.